The van der Waals surface area contributed by atoms with Crippen molar-refractivity contribution in [2.24, 2.45) is 0 Å². The van der Waals surface area contributed by atoms with Gasteiger partial charge in [-0.05, 0) is 29.2 Å². The summed E-state index contributed by atoms with van der Waals surface area (Å²) in [7, 11) is 0. The molecule has 0 aliphatic heterocycles. The molecule has 16 heavy (non-hydrogen) atoms. The molecule has 0 bridgehead atoms. The Labute approximate surface area is 93.8 Å². The number of hydrogen-bond donors (Lipinski definition) is 2. The Hall–Kier alpha value is -1.86. The summed E-state index contributed by atoms with van der Waals surface area (Å²) in [6, 6.07) is 5.22. The van der Waals surface area contributed by atoms with Crippen molar-refractivity contribution in [3.63, 3.8) is 0 Å². The van der Waals surface area contributed by atoms with Crippen molar-refractivity contribution in [3.05, 3.63) is 34.4 Å². The molecule has 0 saturated heterocycles. The number of hydrogen-bond acceptors (Lipinski definition) is 3. The van der Waals surface area contributed by atoms with Crippen LogP contribution in [0, 0.1) is 11.3 Å². The fourth-order valence-corrected chi connectivity index (χ4v) is 1.63. The molecule has 0 unspecified atom stereocenters. The van der Waals surface area contributed by atoms with Crippen molar-refractivity contribution in [3.8, 4) is 6.07 Å². The van der Waals surface area contributed by atoms with E-state index < -0.39 is 5.97 Å². The van der Waals surface area contributed by atoms with Crippen LogP contribution in [0.4, 0.5) is 0 Å². The lowest BCUT2D eigenvalue weighted by molar-refractivity contribution is -0.136. The van der Waals surface area contributed by atoms with Gasteiger partial charge in [0.1, 0.15) is 0 Å². The summed E-state index contributed by atoms with van der Waals surface area (Å²) in [5, 5.41) is 26.7. The van der Waals surface area contributed by atoms with Crippen LogP contribution in [-0.2, 0) is 24.2 Å². The van der Waals surface area contributed by atoms with Gasteiger partial charge in [0.2, 0.25) is 0 Å². The number of carbonyl (C=O) groups is 1. The van der Waals surface area contributed by atoms with E-state index in [4.69, 9.17) is 15.5 Å². The second-order valence-corrected chi connectivity index (χ2v) is 3.47. The number of aliphatic hydroxyl groups excluding tert-OH is 1. The minimum absolute atomic E-state index is 0.0937. The van der Waals surface area contributed by atoms with Crippen molar-refractivity contribution in [2.45, 2.75) is 26.4 Å². The van der Waals surface area contributed by atoms with Crippen LogP contribution < -0.4 is 0 Å². The van der Waals surface area contributed by atoms with Crippen molar-refractivity contribution >= 4 is 5.97 Å². The molecule has 0 fully saturated rings. The second-order valence-electron chi connectivity index (χ2n) is 3.47. The molecule has 0 radical (unpaired) electrons. The van der Waals surface area contributed by atoms with Gasteiger partial charge in [0, 0.05) is 0 Å². The van der Waals surface area contributed by atoms with Crippen LogP contribution in [0.15, 0.2) is 12.1 Å². The quantitative estimate of drug-likeness (QED) is 0.798. The van der Waals surface area contributed by atoms with Crippen LogP contribution in [0.5, 0.6) is 0 Å². The smallest absolute Gasteiger partial charge is 0.307 e. The minimum Gasteiger partial charge on any atom is -0.481 e. The highest BCUT2D eigenvalue weighted by Gasteiger charge is 2.10. The summed E-state index contributed by atoms with van der Waals surface area (Å²) in [6.07, 6.45) is 0.588. The maximum Gasteiger partial charge on any atom is 0.307 e. The van der Waals surface area contributed by atoms with E-state index in [1.54, 1.807) is 12.1 Å². The summed E-state index contributed by atoms with van der Waals surface area (Å²) in [6.45, 7) is 1.71. The first kappa shape index (κ1) is 12.2. The van der Waals surface area contributed by atoms with E-state index >= 15 is 0 Å². The first-order valence-electron chi connectivity index (χ1n) is 4.99. The zero-order valence-electron chi connectivity index (χ0n) is 9.03. The molecule has 4 nitrogen and oxygen atoms in total. The minimum atomic E-state index is -0.921. The SMILES string of the molecule is CCc1cc(CO)c(C#N)cc1CC(=O)O. The summed E-state index contributed by atoms with van der Waals surface area (Å²) in [5.74, 6) is -0.921. The van der Waals surface area contributed by atoms with Crippen molar-refractivity contribution in [1.82, 2.24) is 0 Å². The Kier molecular flexibility index (Phi) is 4.03. The number of aliphatic hydroxyl groups is 1. The number of carboxylic acid groups (broad SMARTS) is 1. The van der Waals surface area contributed by atoms with Crippen LogP contribution in [0.25, 0.3) is 0 Å². The Morgan fingerprint density at radius 2 is 2.06 bits per heavy atom. The fourth-order valence-electron chi connectivity index (χ4n) is 1.63. The molecular formula is C12H13NO3. The van der Waals surface area contributed by atoms with Gasteiger partial charge in [0.05, 0.1) is 24.7 Å². The molecule has 84 valence electrons. The molecule has 2 N–H and O–H groups in total. The number of carboxylic acids is 1. The number of nitriles is 1. The van der Waals surface area contributed by atoms with Crippen LogP contribution in [-0.4, -0.2) is 16.2 Å². The number of aliphatic carboxylic acids is 1. The van der Waals surface area contributed by atoms with E-state index in [0.717, 1.165) is 5.56 Å². The second kappa shape index (κ2) is 5.29. The van der Waals surface area contributed by atoms with E-state index in [-0.39, 0.29) is 13.0 Å². The van der Waals surface area contributed by atoms with Gasteiger partial charge in [-0.2, -0.15) is 5.26 Å². The summed E-state index contributed by atoms with van der Waals surface area (Å²) in [5.41, 5.74) is 2.40. The van der Waals surface area contributed by atoms with Gasteiger partial charge in [-0.1, -0.05) is 13.0 Å². The van der Waals surface area contributed by atoms with Crippen LogP contribution in [0.1, 0.15) is 29.2 Å². The monoisotopic (exact) mass is 219 g/mol. The van der Waals surface area contributed by atoms with Gasteiger partial charge < -0.3 is 10.2 Å². The zero-order valence-corrected chi connectivity index (χ0v) is 9.03. The standard InChI is InChI=1S/C12H13NO3/c1-2-8-3-11(7-14)10(6-13)4-9(8)5-12(15)16/h3-4,14H,2,5,7H2,1H3,(H,15,16). The molecule has 1 rings (SSSR count). The topological polar surface area (TPSA) is 81.3 Å². The number of nitrogens with zero attached hydrogens (tertiary/aromatic N) is 1. The molecular weight excluding hydrogens is 206 g/mol. The van der Waals surface area contributed by atoms with Crippen LogP contribution >= 0.6 is 0 Å². The normalized spacial score (nSPS) is 9.81. The molecule has 4 heteroatoms. The maximum absolute atomic E-state index is 10.7. The van der Waals surface area contributed by atoms with Gasteiger partial charge in [-0.25, -0.2) is 0 Å². The first-order valence-corrected chi connectivity index (χ1v) is 4.99. The molecule has 0 aliphatic rings. The molecule has 1 aromatic rings. The van der Waals surface area contributed by atoms with Gasteiger partial charge in [-0.3, -0.25) is 4.79 Å². The van der Waals surface area contributed by atoms with E-state index in [0.29, 0.717) is 23.1 Å². The molecule has 0 heterocycles. The van der Waals surface area contributed by atoms with E-state index in [1.165, 1.54) is 0 Å². The zero-order chi connectivity index (χ0) is 12.1. The van der Waals surface area contributed by atoms with E-state index in [1.807, 2.05) is 13.0 Å². The average molecular weight is 219 g/mol. The highest BCUT2D eigenvalue weighted by molar-refractivity contribution is 5.71. The Morgan fingerprint density at radius 1 is 1.38 bits per heavy atom. The van der Waals surface area contributed by atoms with Gasteiger partial charge >= 0.3 is 5.97 Å². The van der Waals surface area contributed by atoms with Crippen molar-refractivity contribution < 1.29 is 15.0 Å². The molecule has 0 atom stereocenters. The van der Waals surface area contributed by atoms with Crippen LogP contribution in [0.2, 0.25) is 0 Å². The number of benzene rings is 1. The van der Waals surface area contributed by atoms with Gasteiger partial charge in [0.15, 0.2) is 0 Å². The lowest BCUT2D eigenvalue weighted by Crippen LogP contribution is -2.05. The third-order valence-corrected chi connectivity index (χ3v) is 2.44. The number of rotatable bonds is 4. The van der Waals surface area contributed by atoms with E-state index in [9.17, 15) is 4.79 Å². The van der Waals surface area contributed by atoms with E-state index in [2.05, 4.69) is 0 Å². The Balaban J connectivity index is 3.27. The molecule has 0 amide bonds. The lowest BCUT2D eigenvalue weighted by atomic mass is 9.96. The van der Waals surface area contributed by atoms with Crippen molar-refractivity contribution in [2.75, 3.05) is 0 Å². The predicted octanol–water partition coefficient (Wildman–Crippen LogP) is 1.24. The molecule has 0 saturated carbocycles. The summed E-state index contributed by atoms with van der Waals surface area (Å²) < 4.78 is 0. The largest absolute Gasteiger partial charge is 0.481 e. The number of aryl methyl sites for hydroxylation is 1. The average Bonchev–Trinajstić information content (AvgIpc) is 2.27. The molecule has 0 spiro atoms. The molecule has 0 aliphatic carbocycles. The van der Waals surface area contributed by atoms with Crippen LogP contribution in [0.3, 0.4) is 0 Å². The highest BCUT2D eigenvalue weighted by Crippen LogP contribution is 2.18. The maximum atomic E-state index is 10.7. The molecule has 0 aromatic heterocycles. The lowest BCUT2D eigenvalue weighted by Gasteiger charge is -2.09. The fraction of sp³-hybridized carbons (Fsp3) is 0.333. The highest BCUT2D eigenvalue weighted by atomic mass is 16.4. The van der Waals surface area contributed by atoms with Crippen molar-refractivity contribution in [1.29, 1.82) is 5.26 Å². The summed E-state index contributed by atoms with van der Waals surface area (Å²) >= 11 is 0. The molecule has 1 aromatic carbocycles. The Morgan fingerprint density at radius 3 is 2.50 bits per heavy atom. The predicted molar refractivity (Wildman–Crippen MR) is 57.8 cm³/mol. The Bertz CT molecular complexity index is 446. The van der Waals surface area contributed by atoms with Gasteiger partial charge in [-0.15, -0.1) is 0 Å². The third-order valence-electron chi connectivity index (χ3n) is 2.44. The summed E-state index contributed by atoms with van der Waals surface area (Å²) in [4.78, 5) is 10.7. The van der Waals surface area contributed by atoms with Gasteiger partial charge in [0.25, 0.3) is 0 Å². The first-order chi connectivity index (χ1) is 7.62. The third kappa shape index (κ3) is 2.59.